The smallest absolute Gasteiger partial charge is 0.125 e. The highest BCUT2D eigenvalue weighted by Crippen LogP contribution is 2.32. The van der Waals surface area contributed by atoms with E-state index in [1.54, 1.807) is 17.4 Å². The van der Waals surface area contributed by atoms with Crippen molar-refractivity contribution in [3.63, 3.8) is 0 Å². The van der Waals surface area contributed by atoms with Crippen LogP contribution in [0.1, 0.15) is 18.2 Å². The Morgan fingerprint density at radius 1 is 1.33 bits per heavy atom. The molecular formula is C13H14Cl2N2S. The van der Waals surface area contributed by atoms with Crippen molar-refractivity contribution in [3.05, 3.63) is 39.3 Å². The topological polar surface area (TPSA) is 24.9 Å². The van der Waals surface area contributed by atoms with Gasteiger partial charge in [-0.05, 0) is 31.2 Å². The Bertz CT molecular complexity index is 525. The van der Waals surface area contributed by atoms with Crippen molar-refractivity contribution < 1.29 is 0 Å². The first-order chi connectivity index (χ1) is 8.70. The van der Waals surface area contributed by atoms with Gasteiger partial charge in [0.1, 0.15) is 5.01 Å². The quantitative estimate of drug-likeness (QED) is 0.815. The Morgan fingerprint density at radius 2 is 2.17 bits per heavy atom. The summed E-state index contributed by atoms with van der Waals surface area (Å²) in [6.45, 7) is 4.03. The van der Waals surface area contributed by atoms with Crippen molar-refractivity contribution in [3.8, 4) is 10.6 Å². The fourth-order valence-electron chi connectivity index (χ4n) is 1.57. The van der Waals surface area contributed by atoms with E-state index in [1.807, 2.05) is 18.3 Å². The molecule has 2 rings (SSSR count). The summed E-state index contributed by atoms with van der Waals surface area (Å²) >= 11 is 13.7. The largest absolute Gasteiger partial charge is 0.312 e. The Balaban J connectivity index is 2.13. The van der Waals surface area contributed by atoms with Gasteiger partial charge in [0.05, 0.1) is 5.02 Å². The Labute approximate surface area is 121 Å². The maximum atomic E-state index is 6.17. The maximum absolute atomic E-state index is 6.17. The number of halogens is 2. The van der Waals surface area contributed by atoms with Gasteiger partial charge in [0.2, 0.25) is 0 Å². The molecule has 0 unspecified atom stereocenters. The van der Waals surface area contributed by atoms with E-state index in [4.69, 9.17) is 23.2 Å². The van der Waals surface area contributed by atoms with Crippen LogP contribution in [0.15, 0.2) is 24.4 Å². The molecule has 0 saturated heterocycles. The molecule has 0 fully saturated rings. The number of nitrogens with zero attached hydrogens (tertiary/aromatic N) is 1. The summed E-state index contributed by atoms with van der Waals surface area (Å²) in [5, 5.41) is 5.58. The minimum absolute atomic E-state index is 0.643. The molecule has 0 spiro atoms. The highest BCUT2D eigenvalue weighted by atomic mass is 35.5. The molecule has 0 atom stereocenters. The summed E-state index contributed by atoms with van der Waals surface area (Å²) in [6, 6.07) is 5.49. The standard InChI is InChI=1S/C13H14Cl2N2S/c1-2-5-16-7-10-8-17-13(18-10)11-4-3-9(14)6-12(11)15/h3-4,6,8,16H,2,5,7H2,1H3. The number of thiazole rings is 1. The predicted molar refractivity (Wildman–Crippen MR) is 79.6 cm³/mol. The second-order valence-corrected chi connectivity index (χ2v) is 5.89. The van der Waals surface area contributed by atoms with E-state index in [9.17, 15) is 0 Å². The molecule has 96 valence electrons. The summed E-state index contributed by atoms with van der Waals surface area (Å²) in [6.07, 6.45) is 3.03. The minimum Gasteiger partial charge on any atom is -0.312 e. The van der Waals surface area contributed by atoms with Crippen LogP contribution in [0, 0.1) is 0 Å². The lowest BCUT2D eigenvalue weighted by atomic mass is 10.2. The highest BCUT2D eigenvalue weighted by molar-refractivity contribution is 7.15. The zero-order valence-corrected chi connectivity index (χ0v) is 12.4. The molecule has 0 radical (unpaired) electrons. The van der Waals surface area contributed by atoms with Gasteiger partial charge in [-0.2, -0.15) is 0 Å². The molecule has 0 aliphatic heterocycles. The van der Waals surface area contributed by atoms with Gasteiger partial charge in [-0.25, -0.2) is 4.98 Å². The van der Waals surface area contributed by atoms with E-state index < -0.39 is 0 Å². The fraction of sp³-hybridized carbons (Fsp3) is 0.308. The fourth-order valence-corrected chi connectivity index (χ4v) is 3.04. The molecule has 1 aromatic carbocycles. The van der Waals surface area contributed by atoms with Gasteiger partial charge in [-0.15, -0.1) is 11.3 Å². The van der Waals surface area contributed by atoms with Crippen LogP contribution in [0.2, 0.25) is 10.0 Å². The predicted octanol–water partition coefficient (Wildman–Crippen LogP) is 4.62. The first-order valence-corrected chi connectivity index (χ1v) is 7.38. The lowest BCUT2D eigenvalue weighted by Crippen LogP contribution is -2.12. The average molecular weight is 301 g/mol. The van der Waals surface area contributed by atoms with Gasteiger partial charge < -0.3 is 5.32 Å². The molecule has 5 heteroatoms. The zero-order valence-electron chi connectivity index (χ0n) is 10.0. The first-order valence-electron chi connectivity index (χ1n) is 5.81. The molecule has 2 aromatic rings. The molecule has 0 amide bonds. The van der Waals surface area contributed by atoms with Crippen LogP contribution in [0.5, 0.6) is 0 Å². The van der Waals surface area contributed by atoms with Gasteiger partial charge in [0, 0.05) is 28.2 Å². The van der Waals surface area contributed by atoms with Crippen molar-refractivity contribution in [1.82, 2.24) is 10.3 Å². The molecule has 2 nitrogen and oxygen atoms in total. The van der Waals surface area contributed by atoms with Crippen molar-refractivity contribution in [2.45, 2.75) is 19.9 Å². The maximum Gasteiger partial charge on any atom is 0.125 e. The van der Waals surface area contributed by atoms with E-state index in [-0.39, 0.29) is 0 Å². The number of rotatable bonds is 5. The van der Waals surface area contributed by atoms with Crippen LogP contribution >= 0.6 is 34.5 Å². The lowest BCUT2D eigenvalue weighted by molar-refractivity contribution is 0.681. The second-order valence-electron chi connectivity index (χ2n) is 3.93. The van der Waals surface area contributed by atoms with Crippen molar-refractivity contribution >= 4 is 34.5 Å². The summed E-state index contributed by atoms with van der Waals surface area (Å²) in [7, 11) is 0. The van der Waals surface area contributed by atoms with Crippen LogP contribution in [-0.4, -0.2) is 11.5 Å². The van der Waals surface area contributed by atoms with Crippen molar-refractivity contribution in [2.75, 3.05) is 6.54 Å². The SMILES string of the molecule is CCCNCc1cnc(-c2ccc(Cl)cc2Cl)s1. The number of hydrogen-bond acceptors (Lipinski definition) is 3. The molecule has 0 saturated carbocycles. The van der Waals surface area contributed by atoms with Gasteiger partial charge in [0.15, 0.2) is 0 Å². The first kappa shape index (κ1) is 13.8. The Kier molecular flexibility index (Phi) is 5.01. The summed E-state index contributed by atoms with van der Waals surface area (Å²) in [4.78, 5) is 5.62. The number of nitrogens with one attached hydrogen (secondary N) is 1. The minimum atomic E-state index is 0.643. The molecule has 1 N–H and O–H groups in total. The van der Waals surface area contributed by atoms with Crippen molar-refractivity contribution in [2.24, 2.45) is 0 Å². The van der Waals surface area contributed by atoms with Gasteiger partial charge in [0.25, 0.3) is 0 Å². The third-order valence-electron chi connectivity index (χ3n) is 2.44. The Morgan fingerprint density at radius 3 is 2.89 bits per heavy atom. The molecule has 1 aromatic heterocycles. The number of benzene rings is 1. The third kappa shape index (κ3) is 3.45. The molecule has 0 bridgehead atoms. The molecule has 0 aliphatic rings. The van der Waals surface area contributed by atoms with Crippen LogP contribution in [0.4, 0.5) is 0 Å². The zero-order chi connectivity index (χ0) is 13.0. The number of aromatic nitrogens is 1. The monoisotopic (exact) mass is 300 g/mol. The lowest BCUT2D eigenvalue weighted by Gasteiger charge is -2.00. The highest BCUT2D eigenvalue weighted by Gasteiger charge is 2.08. The van der Waals surface area contributed by atoms with Crippen LogP contribution in [-0.2, 0) is 6.54 Å². The van der Waals surface area contributed by atoms with E-state index in [2.05, 4.69) is 17.2 Å². The van der Waals surface area contributed by atoms with Crippen LogP contribution < -0.4 is 5.32 Å². The number of hydrogen-bond donors (Lipinski definition) is 1. The van der Waals surface area contributed by atoms with E-state index in [0.29, 0.717) is 10.0 Å². The van der Waals surface area contributed by atoms with Crippen LogP contribution in [0.3, 0.4) is 0 Å². The molecular weight excluding hydrogens is 287 g/mol. The Hall–Kier alpha value is -0.610. The summed E-state index contributed by atoms with van der Waals surface area (Å²) in [5.41, 5.74) is 0.938. The van der Waals surface area contributed by atoms with E-state index in [0.717, 1.165) is 30.1 Å². The third-order valence-corrected chi connectivity index (χ3v) is 4.02. The molecule has 0 aliphatic carbocycles. The molecule has 18 heavy (non-hydrogen) atoms. The summed E-state index contributed by atoms with van der Waals surface area (Å²) < 4.78 is 0. The van der Waals surface area contributed by atoms with Crippen molar-refractivity contribution in [1.29, 1.82) is 0 Å². The van der Waals surface area contributed by atoms with Gasteiger partial charge >= 0.3 is 0 Å². The second kappa shape index (κ2) is 6.53. The molecule has 1 heterocycles. The van der Waals surface area contributed by atoms with E-state index in [1.165, 1.54) is 4.88 Å². The average Bonchev–Trinajstić information content (AvgIpc) is 2.78. The van der Waals surface area contributed by atoms with E-state index >= 15 is 0 Å². The van der Waals surface area contributed by atoms with Gasteiger partial charge in [-0.3, -0.25) is 0 Å². The van der Waals surface area contributed by atoms with Gasteiger partial charge in [-0.1, -0.05) is 30.1 Å². The summed E-state index contributed by atoms with van der Waals surface area (Å²) in [5.74, 6) is 0. The normalized spacial score (nSPS) is 10.8. The van der Waals surface area contributed by atoms with Crippen LogP contribution in [0.25, 0.3) is 10.6 Å².